The van der Waals surface area contributed by atoms with Gasteiger partial charge in [-0.2, -0.15) is 5.10 Å². The maximum absolute atomic E-state index is 5.77. The van der Waals surface area contributed by atoms with Crippen LogP contribution in [0.15, 0.2) is 52.5 Å². The van der Waals surface area contributed by atoms with Crippen molar-refractivity contribution in [3.05, 3.63) is 48.2 Å². The number of morpholine rings is 1. The zero-order valence-corrected chi connectivity index (χ0v) is 11.3. The van der Waals surface area contributed by atoms with Crippen LogP contribution in [0.2, 0.25) is 0 Å². The Kier molecular flexibility index (Phi) is 4.07. The first-order valence-electron chi connectivity index (χ1n) is 6.30. The third-order valence-corrected chi connectivity index (χ3v) is 3.84. The van der Waals surface area contributed by atoms with Gasteiger partial charge in [-0.15, -0.1) is 5.10 Å². The fourth-order valence-corrected chi connectivity index (χ4v) is 2.84. The van der Waals surface area contributed by atoms with E-state index >= 15 is 0 Å². The highest BCUT2D eigenvalue weighted by Gasteiger charge is 2.15. The summed E-state index contributed by atoms with van der Waals surface area (Å²) in [6.45, 7) is 2.58. The molecule has 0 unspecified atom stereocenters. The average molecular weight is 273 g/mol. The SMILES string of the molecule is c1cc(Sc2cccnn2)cc([C@@H]2CNCCO2)c1. The first-order chi connectivity index (χ1) is 9.42. The van der Waals surface area contributed by atoms with E-state index in [9.17, 15) is 0 Å². The quantitative estimate of drug-likeness (QED) is 0.929. The van der Waals surface area contributed by atoms with Crippen LogP contribution in [0.3, 0.4) is 0 Å². The van der Waals surface area contributed by atoms with Gasteiger partial charge in [0.25, 0.3) is 0 Å². The lowest BCUT2D eigenvalue weighted by atomic mass is 10.1. The van der Waals surface area contributed by atoms with Gasteiger partial charge in [-0.05, 0) is 29.8 Å². The number of aromatic nitrogens is 2. The average Bonchev–Trinajstić information content (AvgIpc) is 2.49. The molecule has 0 aliphatic carbocycles. The fraction of sp³-hybridized carbons (Fsp3) is 0.286. The smallest absolute Gasteiger partial charge is 0.124 e. The summed E-state index contributed by atoms with van der Waals surface area (Å²) >= 11 is 1.62. The molecule has 0 spiro atoms. The molecule has 0 bridgehead atoms. The molecule has 2 aromatic rings. The summed E-state index contributed by atoms with van der Waals surface area (Å²) in [5, 5.41) is 12.2. The highest BCUT2D eigenvalue weighted by Crippen LogP contribution is 2.28. The highest BCUT2D eigenvalue weighted by molar-refractivity contribution is 7.99. The third-order valence-electron chi connectivity index (χ3n) is 2.93. The van der Waals surface area contributed by atoms with Crippen LogP contribution in [0.1, 0.15) is 11.7 Å². The molecule has 0 radical (unpaired) electrons. The van der Waals surface area contributed by atoms with Crippen molar-refractivity contribution < 1.29 is 4.74 Å². The van der Waals surface area contributed by atoms with Gasteiger partial charge in [0.15, 0.2) is 0 Å². The number of nitrogens with one attached hydrogen (secondary N) is 1. The van der Waals surface area contributed by atoms with Gasteiger partial charge in [-0.3, -0.25) is 0 Å². The number of nitrogens with zero attached hydrogens (tertiary/aromatic N) is 2. The molecular weight excluding hydrogens is 258 g/mol. The summed E-state index contributed by atoms with van der Waals surface area (Å²) in [5.74, 6) is 0. The minimum atomic E-state index is 0.149. The van der Waals surface area contributed by atoms with Crippen LogP contribution < -0.4 is 5.32 Å². The lowest BCUT2D eigenvalue weighted by Gasteiger charge is -2.24. The maximum atomic E-state index is 5.77. The molecule has 0 amide bonds. The maximum Gasteiger partial charge on any atom is 0.124 e. The van der Waals surface area contributed by atoms with Crippen LogP contribution in [0.5, 0.6) is 0 Å². The molecular formula is C14H15N3OS. The minimum absolute atomic E-state index is 0.149. The Morgan fingerprint density at radius 1 is 1.26 bits per heavy atom. The van der Waals surface area contributed by atoms with Crippen molar-refractivity contribution in [2.45, 2.75) is 16.0 Å². The van der Waals surface area contributed by atoms with Gasteiger partial charge in [0.1, 0.15) is 5.03 Å². The van der Waals surface area contributed by atoms with Crippen LogP contribution in [0, 0.1) is 0 Å². The predicted molar refractivity (Wildman–Crippen MR) is 74.2 cm³/mol. The van der Waals surface area contributed by atoms with Crippen LogP contribution in [0.25, 0.3) is 0 Å². The minimum Gasteiger partial charge on any atom is -0.371 e. The van der Waals surface area contributed by atoms with Crippen molar-refractivity contribution in [1.82, 2.24) is 15.5 Å². The molecule has 1 fully saturated rings. The Balaban J connectivity index is 1.76. The molecule has 5 heteroatoms. The number of ether oxygens (including phenoxy) is 1. The lowest BCUT2D eigenvalue weighted by molar-refractivity contribution is 0.0276. The number of hydrogen-bond acceptors (Lipinski definition) is 5. The first-order valence-corrected chi connectivity index (χ1v) is 7.11. The predicted octanol–water partition coefficient (Wildman–Crippen LogP) is 2.29. The van der Waals surface area contributed by atoms with Gasteiger partial charge in [-0.1, -0.05) is 23.9 Å². The summed E-state index contributed by atoms with van der Waals surface area (Å²) in [5.41, 5.74) is 1.21. The van der Waals surface area contributed by atoms with E-state index in [0.29, 0.717) is 0 Å². The molecule has 0 saturated carbocycles. The fourth-order valence-electron chi connectivity index (χ4n) is 2.02. The second-order valence-corrected chi connectivity index (χ2v) is 5.39. The monoisotopic (exact) mass is 273 g/mol. The van der Waals surface area contributed by atoms with Crippen molar-refractivity contribution in [1.29, 1.82) is 0 Å². The second kappa shape index (κ2) is 6.14. The normalized spacial score (nSPS) is 19.3. The van der Waals surface area contributed by atoms with E-state index in [2.05, 4.69) is 39.8 Å². The van der Waals surface area contributed by atoms with Crippen molar-refractivity contribution >= 4 is 11.8 Å². The molecule has 4 nitrogen and oxygen atoms in total. The Bertz CT molecular complexity index is 529. The van der Waals surface area contributed by atoms with E-state index in [1.54, 1.807) is 18.0 Å². The molecule has 1 atom stereocenters. The van der Waals surface area contributed by atoms with Gasteiger partial charge in [-0.25, -0.2) is 0 Å². The van der Waals surface area contributed by atoms with E-state index in [1.165, 1.54) is 5.56 Å². The van der Waals surface area contributed by atoms with Crippen molar-refractivity contribution in [3.63, 3.8) is 0 Å². The topological polar surface area (TPSA) is 47.0 Å². The Hall–Kier alpha value is -1.43. The summed E-state index contributed by atoms with van der Waals surface area (Å²) in [4.78, 5) is 1.16. The van der Waals surface area contributed by atoms with Crippen LogP contribution in [-0.2, 0) is 4.74 Å². The van der Waals surface area contributed by atoms with Gasteiger partial charge in [0.2, 0.25) is 0 Å². The number of hydrogen-bond donors (Lipinski definition) is 1. The molecule has 1 saturated heterocycles. The standard InChI is InChI=1S/C14H15N3OS/c1-3-11(13-10-15-7-8-18-13)9-12(4-1)19-14-5-2-6-16-17-14/h1-6,9,13,15H,7-8,10H2/t13-/m0/s1. The first kappa shape index (κ1) is 12.6. The Morgan fingerprint density at radius 3 is 3.05 bits per heavy atom. The zero-order chi connectivity index (χ0) is 12.9. The van der Waals surface area contributed by atoms with E-state index in [-0.39, 0.29) is 6.10 Å². The molecule has 1 aliphatic heterocycles. The molecule has 3 rings (SSSR count). The molecule has 1 aromatic carbocycles. The number of rotatable bonds is 3. The molecule has 1 aliphatic rings. The van der Waals surface area contributed by atoms with Crippen LogP contribution in [0.4, 0.5) is 0 Å². The van der Waals surface area contributed by atoms with E-state index in [1.807, 2.05) is 12.1 Å². The molecule has 1 N–H and O–H groups in total. The summed E-state index contributed by atoms with van der Waals surface area (Å²) in [6, 6.07) is 12.3. The van der Waals surface area contributed by atoms with E-state index in [0.717, 1.165) is 29.6 Å². The Morgan fingerprint density at radius 2 is 2.26 bits per heavy atom. The van der Waals surface area contributed by atoms with Gasteiger partial charge < -0.3 is 10.1 Å². The van der Waals surface area contributed by atoms with E-state index in [4.69, 9.17) is 4.74 Å². The molecule has 2 heterocycles. The highest BCUT2D eigenvalue weighted by atomic mass is 32.2. The second-order valence-electron chi connectivity index (χ2n) is 4.30. The Labute approximate surface area is 116 Å². The third kappa shape index (κ3) is 3.32. The molecule has 19 heavy (non-hydrogen) atoms. The number of benzene rings is 1. The van der Waals surface area contributed by atoms with E-state index < -0.39 is 0 Å². The van der Waals surface area contributed by atoms with Gasteiger partial charge >= 0.3 is 0 Å². The summed E-state index contributed by atoms with van der Waals surface area (Å²) in [7, 11) is 0. The molecule has 98 valence electrons. The van der Waals surface area contributed by atoms with Crippen molar-refractivity contribution in [2.24, 2.45) is 0 Å². The van der Waals surface area contributed by atoms with Gasteiger partial charge in [0.05, 0.1) is 12.7 Å². The largest absolute Gasteiger partial charge is 0.371 e. The van der Waals surface area contributed by atoms with Crippen molar-refractivity contribution in [2.75, 3.05) is 19.7 Å². The summed E-state index contributed by atoms with van der Waals surface area (Å²) < 4.78 is 5.77. The lowest BCUT2D eigenvalue weighted by Crippen LogP contribution is -2.33. The van der Waals surface area contributed by atoms with Crippen LogP contribution in [-0.4, -0.2) is 29.9 Å². The summed E-state index contributed by atoms with van der Waals surface area (Å²) in [6.07, 6.45) is 1.83. The van der Waals surface area contributed by atoms with Crippen LogP contribution >= 0.6 is 11.8 Å². The van der Waals surface area contributed by atoms with Crippen molar-refractivity contribution in [3.8, 4) is 0 Å². The molecule has 1 aromatic heterocycles. The van der Waals surface area contributed by atoms with Gasteiger partial charge in [0, 0.05) is 24.2 Å². The zero-order valence-electron chi connectivity index (χ0n) is 10.5.